The van der Waals surface area contributed by atoms with Crippen molar-refractivity contribution in [3.8, 4) is 5.75 Å². The van der Waals surface area contributed by atoms with Crippen LogP contribution in [0.15, 0.2) is 24.3 Å². The molecule has 21 heavy (non-hydrogen) atoms. The van der Waals surface area contributed by atoms with E-state index in [1.165, 1.54) is 18.2 Å². The SMILES string of the molecule is CC(Oc1cccc(F)c1)C(=O)N1CCC(C(=O)O)CC1. The summed E-state index contributed by atoms with van der Waals surface area (Å²) >= 11 is 0. The molecule has 1 atom stereocenters. The van der Waals surface area contributed by atoms with Gasteiger partial charge >= 0.3 is 5.97 Å². The summed E-state index contributed by atoms with van der Waals surface area (Å²) in [7, 11) is 0. The summed E-state index contributed by atoms with van der Waals surface area (Å²) in [6.45, 7) is 2.43. The Morgan fingerprint density at radius 3 is 2.62 bits per heavy atom. The molecule has 0 spiro atoms. The molecule has 1 amide bonds. The number of rotatable bonds is 4. The summed E-state index contributed by atoms with van der Waals surface area (Å²) in [6.07, 6.45) is 0.176. The molecule has 1 aliphatic heterocycles. The lowest BCUT2D eigenvalue weighted by atomic mass is 9.97. The van der Waals surface area contributed by atoms with Crippen LogP contribution in [0.5, 0.6) is 5.75 Å². The second-order valence-corrected chi connectivity index (χ2v) is 5.16. The fourth-order valence-corrected chi connectivity index (χ4v) is 2.40. The van der Waals surface area contributed by atoms with E-state index in [0.29, 0.717) is 31.7 Å². The standard InChI is InChI=1S/C15H18FNO4/c1-10(21-13-4-2-3-12(16)9-13)14(18)17-7-5-11(6-8-17)15(19)20/h2-4,9-11H,5-8H2,1H3,(H,19,20). The van der Waals surface area contributed by atoms with Crippen LogP contribution < -0.4 is 4.74 Å². The topological polar surface area (TPSA) is 66.8 Å². The Labute approximate surface area is 122 Å². The van der Waals surface area contributed by atoms with Gasteiger partial charge in [0.25, 0.3) is 5.91 Å². The number of carbonyl (C=O) groups is 2. The fourth-order valence-electron chi connectivity index (χ4n) is 2.40. The number of hydrogen-bond acceptors (Lipinski definition) is 3. The van der Waals surface area contributed by atoms with Crippen molar-refractivity contribution in [2.24, 2.45) is 5.92 Å². The molecule has 1 N–H and O–H groups in total. The van der Waals surface area contributed by atoms with E-state index in [-0.39, 0.29) is 11.8 Å². The Hall–Kier alpha value is -2.11. The summed E-state index contributed by atoms with van der Waals surface area (Å²) in [4.78, 5) is 24.7. The van der Waals surface area contributed by atoms with Crippen molar-refractivity contribution in [1.82, 2.24) is 4.90 Å². The third-order valence-electron chi connectivity index (χ3n) is 3.61. The Morgan fingerprint density at radius 2 is 2.05 bits per heavy atom. The number of piperidine rings is 1. The summed E-state index contributed by atoms with van der Waals surface area (Å²) in [5, 5.41) is 8.93. The number of carboxylic acid groups (broad SMARTS) is 1. The van der Waals surface area contributed by atoms with Crippen LogP contribution in [0.4, 0.5) is 4.39 Å². The number of hydrogen-bond donors (Lipinski definition) is 1. The lowest BCUT2D eigenvalue weighted by Gasteiger charge is -2.32. The van der Waals surface area contributed by atoms with Crippen molar-refractivity contribution in [2.75, 3.05) is 13.1 Å². The first-order valence-corrected chi connectivity index (χ1v) is 6.91. The van der Waals surface area contributed by atoms with Crippen molar-refractivity contribution in [1.29, 1.82) is 0 Å². The third-order valence-corrected chi connectivity index (χ3v) is 3.61. The van der Waals surface area contributed by atoms with Crippen LogP contribution in [-0.4, -0.2) is 41.1 Å². The quantitative estimate of drug-likeness (QED) is 0.921. The third kappa shape index (κ3) is 3.93. The Balaban J connectivity index is 1.90. The zero-order valence-electron chi connectivity index (χ0n) is 11.8. The number of ether oxygens (including phenoxy) is 1. The number of carboxylic acids is 1. The van der Waals surface area contributed by atoms with E-state index in [4.69, 9.17) is 9.84 Å². The van der Waals surface area contributed by atoms with Crippen molar-refractivity contribution >= 4 is 11.9 Å². The maximum Gasteiger partial charge on any atom is 0.306 e. The molecule has 1 aromatic rings. The molecule has 1 aromatic carbocycles. The predicted octanol–water partition coefficient (Wildman–Crippen LogP) is 1.92. The largest absolute Gasteiger partial charge is 0.481 e. The van der Waals surface area contributed by atoms with Crippen molar-refractivity contribution in [2.45, 2.75) is 25.9 Å². The number of amides is 1. The zero-order chi connectivity index (χ0) is 15.4. The first-order chi connectivity index (χ1) is 9.97. The molecule has 114 valence electrons. The molecule has 0 aliphatic carbocycles. The van der Waals surface area contributed by atoms with E-state index in [2.05, 4.69) is 0 Å². The van der Waals surface area contributed by atoms with Gasteiger partial charge in [0.05, 0.1) is 5.92 Å². The highest BCUT2D eigenvalue weighted by molar-refractivity contribution is 5.81. The van der Waals surface area contributed by atoms with Crippen LogP contribution in [0.25, 0.3) is 0 Å². The predicted molar refractivity (Wildman–Crippen MR) is 73.4 cm³/mol. The minimum Gasteiger partial charge on any atom is -0.481 e. The van der Waals surface area contributed by atoms with Gasteiger partial charge < -0.3 is 14.7 Å². The molecule has 1 aliphatic rings. The van der Waals surface area contributed by atoms with Crippen LogP contribution >= 0.6 is 0 Å². The number of carbonyl (C=O) groups excluding carboxylic acids is 1. The molecule has 1 unspecified atom stereocenters. The lowest BCUT2D eigenvalue weighted by molar-refractivity contribution is -0.147. The van der Waals surface area contributed by atoms with E-state index in [0.717, 1.165) is 0 Å². The van der Waals surface area contributed by atoms with Gasteiger partial charge in [0.15, 0.2) is 6.10 Å². The monoisotopic (exact) mass is 295 g/mol. The minimum atomic E-state index is -0.814. The van der Waals surface area contributed by atoms with E-state index in [1.54, 1.807) is 17.9 Å². The summed E-state index contributed by atoms with van der Waals surface area (Å²) in [5.74, 6) is -1.52. The first kappa shape index (κ1) is 15.3. The van der Waals surface area contributed by atoms with Crippen LogP contribution in [0.1, 0.15) is 19.8 Å². The maximum atomic E-state index is 13.1. The van der Waals surface area contributed by atoms with Gasteiger partial charge in [-0.25, -0.2) is 4.39 Å². The highest BCUT2D eigenvalue weighted by atomic mass is 19.1. The molecule has 1 fully saturated rings. The van der Waals surface area contributed by atoms with Gasteiger partial charge in [0.2, 0.25) is 0 Å². The first-order valence-electron chi connectivity index (χ1n) is 6.91. The Kier molecular flexibility index (Phi) is 4.77. The molecule has 2 rings (SSSR count). The highest BCUT2D eigenvalue weighted by Gasteiger charge is 2.29. The molecule has 0 bridgehead atoms. The van der Waals surface area contributed by atoms with Crippen LogP contribution in [0, 0.1) is 11.7 Å². The van der Waals surface area contributed by atoms with Crippen molar-refractivity contribution in [3.63, 3.8) is 0 Å². The summed E-state index contributed by atoms with van der Waals surface area (Å²) in [6, 6.07) is 5.63. The summed E-state index contributed by atoms with van der Waals surface area (Å²) in [5.41, 5.74) is 0. The minimum absolute atomic E-state index is 0.205. The van der Waals surface area contributed by atoms with Crippen molar-refractivity contribution in [3.05, 3.63) is 30.1 Å². The number of nitrogens with zero attached hydrogens (tertiary/aromatic N) is 1. The van der Waals surface area contributed by atoms with Gasteiger partial charge in [0.1, 0.15) is 11.6 Å². The Bertz CT molecular complexity index is 526. The zero-order valence-corrected chi connectivity index (χ0v) is 11.8. The van der Waals surface area contributed by atoms with Crippen molar-refractivity contribution < 1.29 is 23.8 Å². The Morgan fingerprint density at radius 1 is 1.38 bits per heavy atom. The lowest BCUT2D eigenvalue weighted by Crippen LogP contribution is -2.45. The van der Waals surface area contributed by atoms with E-state index in [9.17, 15) is 14.0 Å². The average molecular weight is 295 g/mol. The van der Waals surface area contributed by atoms with Gasteiger partial charge in [0, 0.05) is 19.2 Å². The van der Waals surface area contributed by atoms with Gasteiger partial charge in [-0.15, -0.1) is 0 Å². The smallest absolute Gasteiger partial charge is 0.306 e. The number of likely N-dealkylation sites (tertiary alicyclic amines) is 1. The average Bonchev–Trinajstić information content (AvgIpc) is 2.46. The summed E-state index contributed by atoms with van der Waals surface area (Å²) < 4.78 is 18.5. The van der Waals surface area contributed by atoms with E-state index >= 15 is 0 Å². The van der Waals surface area contributed by atoms with Crippen LogP contribution in [0.3, 0.4) is 0 Å². The number of aliphatic carboxylic acids is 1. The normalized spacial score (nSPS) is 17.3. The molecule has 0 aromatic heterocycles. The second kappa shape index (κ2) is 6.56. The van der Waals surface area contributed by atoms with Gasteiger partial charge in [-0.05, 0) is 31.9 Å². The maximum absolute atomic E-state index is 13.1. The molecule has 1 heterocycles. The number of halogens is 1. The number of benzene rings is 1. The molecule has 5 nitrogen and oxygen atoms in total. The molecule has 0 saturated carbocycles. The molecule has 6 heteroatoms. The molecule has 1 saturated heterocycles. The fraction of sp³-hybridized carbons (Fsp3) is 0.467. The highest BCUT2D eigenvalue weighted by Crippen LogP contribution is 2.19. The van der Waals surface area contributed by atoms with Gasteiger partial charge in [-0.1, -0.05) is 6.07 Å². The van der Waals surface area contributed by atoms with Gasteiger partial charge in [-0.3, -0.25) is 9.59 Å². The van der Waals surface area contributed by atoms with E-state index < -0.39 is 17.9 Å². The van der Waals surface area contributed by atoms with E-state index in [1.807, 2.05) is 0 Å². The molecule has 0 radical (unpaired) electrons. The van der Waals surface area contributed by atoms with Crippen LogP contribution in [-0.2, 0) is 9.59 Å². The molecular weight excluding hydrogens is 277 g/mol. The van der Waals surface area contributed by atoms with Gasteiger partial charge in [-0.2, -0.15) is 0 Å². The molecular formula is C15H18FNO4. The van der Waals surface area contributed by atoms with Crippen LogP contribution in [0.2, 0.25) is 0 Å². The second-order valence-electron chi connectivity index (χ2n) is 5.16.